The summed E-state index contributed by atoms with van der Waals surface area (Å²) in [6.07, 6.45) is 0. The fourth-order valence-corrected chi connectivity index (χ4v) is 2.47. The largest absolute Gasteiger partial charge is 0.423 e. The highest BCUT2D eigenvalue weighted by molar-refractivity contribution is 7.16. The number of hydrogen-bond acceptors (Lipinski definition) is 4. The molecule has 0 unspecified atom stereocenters. The van der Waals surface area contributed by atoms with Crippen molar-refractivity contribution in [3.05, 3.63) is 59.1 Å². The van der Waals surface area contributed by atoms with Crippen LogP contribution >= 0.6 is 11.3 Å². The third kappa shape index (κ3) is 2.48. The Morgan fingerprint density at radius 2 is 1.95 bits per heavy atom. The highest BCUT2D eigenvalue weighted by Crippen LogP contribution is 2.20. The van der Waals surface area contributed by atoms with Gasteiger partial charge in [0.25, 0.3) is 0 Å². The number of carbonyl (C=O) groups is 1. The summed E-state index contributed by atoms with van der Waals surface area (Å²) >= 11 is 1.51. The van der Waals surface area contributed by atoms with E-state index < -0.39 is 0 Å². The Labute approximate surface area is 114 Å². The number of ether oxygens (including phenoxy) is 1. The minimum Gasteiger partial charge on any atom is -0.423 e. The average molecular weight is 269 g/mol. The zero-order valence-electron chi connectivity index (χ0n) is 10.3. The molecule has 0 amide bonds. The molecule has 3 nitrogen and oxygen atoms in total. The molecule has 0 saturated heterocycles. The van der Waals surface area contributed by atoms with Gasteiger partial charge in [0.15, 0.2) is 0 Å². The molecule has 0 aliphatic heterocycles. The van der Waals surface area contributed by atoms with Crippen molar-refractivity contribution in [3.63, 3.8) is 0 Å². The van der Waals surface area contributed by atoms with Gasteiger partial charge in [-0.3, -0.25) is 0 Å². The Balaban J connectivity index is 1.84. The standard InChI is InChI=1S/C15H11NO2S/c1-10-2-5-12(6-3-10)18-15(17)11-4-7-13-14(8-11)19-9-16-13/h2-9H,1H3. The molecule has 0 aliphatic carbocycles. The number of esters is 1. The molecule has 3 aromatic rings. The van der Waals surface area contributed by atoms with Crippen LogP contribution in [0, 0.1) is 6.92 Å². The molecule has 0 atom stereocenters. The maximum Gasteiger partial charge on any atom is 0.343 e. The highest BCUT2D eigenvalue weighted by atomic mass is 32.1. The molecule has 0 radical (unpaired) electrons. The second-order valence-electron chi connectivity index (χ2n) is 4.24. The molecule has 0 N–H and O–H groups in total. The van der Waals surface area contributed by atoms with Gasteiger partial charge in [0.1, 0.15) is 5.75 Å². The normalized spacial score (nSPS) is 10.6. The van der Waals surface area contributed by atoms with E-state index in [-0.39, 0.29) is 5.97 Å². The van der Waals surface area contributed by atoms with E-state index in [1.165, 1.54) is 11.3 Å². The zero-order valence-corrected chi connectivity index (χ0v) is 11.1. The second kappa shape index (κ2) is 4.82. The molecule has 19 heavy (non-hydrogen) atoms. The van der Waals surface area contributed by atoms with Crippen LogP contribution in [0.4, 0.5) is 0 Å². The van der Waals surface area contributed by atoms with Crippen LogP contribution in [0.1, 0.15) is 15.9 Å². The Hall–Kier alpha value is -2.20. The first-order chi connectivity index (χ1) is 9.22. The van der Waals surface area contributed by atoms with E-state index in [1.807, 2.05) is 31.2 Å². The van der Waals surface area contributed by atoms with Gasteiger partial charge >= 0.3 is 5.97 Å². The maximum absolute atomic E-state index is 12.0. The van der Waals surface area contributed by atoms with Gasteiger partial charge in [-0.25, -0.2) is 9.78 Å². The topological polar surface area (TPSA) is 39.2 Å². The van der Waals surface area contributed by atoms with Crippen molar-refractivity contribution in [2.24, 2.45) is 0 Å². The molecule has 0 bridgehead atoms. The Morgan fingerprint density at radius 1 is 1.16 bits per heavy atom. The number of aryl methyl sites for hydroxylation is 1. The van der Waals surface area contributed by atoms with Crippen molar-refractivity contribution >= 4 is 27.5 Å². The van der Waals surface area contributed by atoms with Crippen molar-refractivity contribution in [1.82, 2.24) is 4.98 Å². The number of nitrogens with zero attached hydrogens (tertiary/aromatic N) is 1. The summed E-state index contributed by atoms with van der Waals surface area (Å²) in [6, 6.07) is 12.8. The Morgan fingerprint density at radius 3 is 2.74 bits per heavy atom. The third-order valence-corrected chi connectivity index (χ3v) is 3.59. The minimum atomic E-state index is -0.348. The fraction of sp³-hybridized carbons (Fsp3) is 0.0667. The first-order valence-corrected chi connectivity index (χ1v) is 6.72. The third-order valence-electron chi connectivity index (χ3n) is 2.80. The molecule has 1 aromatic heterocycles. The van der Waals surface area contributed by atoms with Crippen molar-refractivity contribution in [3.8, 4) is 5.75 Å². The molecular formula is C15H11NO2S. The molecule has 0 spiro atoms. The lowest BCUT2D eigenvalue weighted by atomic mass is 10.2. The smallest absolute Gasteiger partial charge is 0.343 e. The molecule has 2 aromatic carbocycles. The lowest BCUT2D eigenvalue weighted by molar-refractivity contribution is 0.0735. The lowest BCUT2D eigenvalue weighted by Crippen LogP contribution is -2.08. The monoisotopic (exact) mass is 269 g/mol. The highest BCUT2D eigenvalue weighted by Gasteiger charge is 2.10. The quantitative estimate of drug-likeness (QED) is 0.524. The average Bonchev–Trinajstić information content (AvgIpc) is 2.88. The van der Waals surface area contributed by atoms with Gasteiger partial charge in [0.2, 0.25) is 0 Å². The van der Waals surface area contributed by atoms with E-state index in [9.17, 15) is 4.79 Å². The molecule has 0 aliphatic rings. The van der Waals surface area contributed by atoms with Crippen molar-refractivity contribution in [1.29, 1.82) is 0 Å². The van der Waals surface area contributed by atoms with Crippen molar-refractivity contribution in [2.45, 2.75) is 6.92 Å². The summed E-state index contributed by atoms with van der Waals surface area (Å²) in [5.41, 5.74) is 4.33. The van der Waals surface area contributed by atoms with E-state index in [2.05, 4.69) is 4.98 Å². The molecule has 0 saturated carbocycles. The molecule has 0 fully saturated rings. The molecule has 3 rings (SSSR count). The van der Waals surface area contributed by atoms with Crippen LogP contribution in [0.2, 0.25) is 0 Å². The first-order valence-electron chi connectivity index (χ1n) is 5.84. The van der Waals surface area contributed by atoms with Crippen LogP contribution in [-0.4, -0.2) is 11.0 Å². The molecule has 94 valence electrons. The first kappa shape index (κ1) is 11.9. The predicted molar refractivity (Wildman–Crippen MR) is 75.8 cm³/mol. The van der Waals surface area contributed by atoms with Crippen LogP contribution in [0.15, 0.2) is 48.0 Å². The van der Waals surface area contributed by atoms with Gasteiger partial charge in [-0.15, -0.1) is 11.3 Å². The number of hydrogen-bond donors (Lipinski definition) is 0. The van der Waals surface area contributed by atoms with Gasteiger partial charge < -0.3 is 4.74 Å². The van der Waals surface area contributed by atoms with Crippen LogP contribution in [0.25, 0.3) is 10.2 Å². The maximum atomic E-state index is 12.0. The summed E-state index contributed by atoms with van der Waals surface area (Å²) in [5, 5.41) is 0. The van der Waals surface area contributed by atoms with Crippen molar-refractivity contribution < 1.29 is 9.53 Å². The number of carbonyl (C=O) groups excluding carboxylic acids is 1. The van der Waals surface area contributed by atoms with E-state index in [0.717, 1.165) is 15.8 Å². The van der Waals surface area contributed by atoms with E-state index in [0.29, 0.717) is 11.3 Å². The molecule has 4 heteroatoms. The van der Waals surface area contributed by atoms with E-state index >= 15 is 0 Å². The number of rotatable bonds is 2. The van der Waals surface area contributed by atoms with Crippen molar-refractivity contribution in [2.75, 3.05) is 0 Å². The summed E-state index contributed by atoms with van der Waals surface area (Å²) in [6.45, 7) is 1.99. The summed E-state index contributed by atoms with van der Waals surface area (Å²) < 4.78 is 6.31. The van der Waals surface area contributed by atoms with Gasteiger partial charge in [0, 0.05) is 0 Å². The van der Waals surface area contributed by atoms with Crippen LogP contribution in [0.3, 0.4) is 0 Å². The molecule has 1 heterocycles. The SMILES string of the molecule is Cc1ccc(OC(=O)c2ccc3ncsc3c2)cc1. The van der Waals surface area contributed by atoms with Gasteiger partial charge in [0.05, 0.1) is 21.3 Å². The summed E-state index contributed by atoms with van der Waals surface area (Å²) in [7, 11) is 0. The van der Waals surface area contributed by atoms with E-state index in [1.54, 1.807) is 23.7 Å². The van der Waals surface area contributed by atoms with Gasteiger partial charge in [-0.2, -0.15) is 0 Å². The number of aromatic nitrogens is 1. The van der Waals surface area contributed by atoms with Gasteiger partial charge in [-0.05, 0) is 37.3 Å². The van der Waals surface area contributed by atoms with Crippen LogP contribution in [0.5, 0.6) is 5.75 Å². The zero-order chi connectivity index (χ0) is 13.2. The summed E-state index contributed by atoms with van der Waals surface area (Å²) in [5.74, 6) is 0.208. The molecular weight excluding hydrogens is 258 g/mol. The van der Waals surface area contributed by atoms with E-state index in [4.69, 9.17) is 4.74 Å². The Kier molecular flexibility index (Phi) is 3.01. The Bertz CT molecular complexity index is 731. The second-order valence-corrected chi connectivity index (χ2v) is 5.12. The number of fused-ring (bicyclic) bond motifs is 1. The summed E-state index contributed by atoms with van der Waals surface area (Å²) in [4.78, 5) is 16.2. The number of thiazole rings is 1. The number of benzene rings is 2. The predicted octanol–water partition coefficient (Wildman–Crippen LogP) is 3.82. The van der Waals surface area contributed by atoms with Crippen LogP contribution in [-0.2, 0) is 0 Å². The van der Waals surface area contributed by atoms with Crippen LogP contribution < -0.4 is 4.74 Å². The minimum absolute atomic E-state index is 0.348. The lowest BCUT2D eigenvalue weighted by Gasteiger charge is -2.04. The van der Waals surface area contributed by atoms with Gasteiger partial charge in [-0.1, -0.05) is 17.7 Å². The fourth-order valence-electron chi connectivity index (χ4n) is 1.75.